The van der Waals surface area contributed by atoms with Gasteiger partial charge in [0.2, 0.25) is 5.91 Å². The number of amides is 1. The number of hydrogen-bond acceptors (Lipinski definition) is 5. The van der Waals surface area contributed by atoms with E-state index in [2.05, 4.69) is 20.4 Å². The van der Waals surface area contributed by atoms with Gasteiger partial charge in [0.1, 0.15) is 30.5 Å². The summed E-state index contributed by atoms with van der Waals surface area (Å²) in [6.07, 6.45) is -1.31. The molecule has 5 aromatic rings. The van der Waals surface area contributed by atoms with Gasteiger partial charge in [0.25, 0.3) is 6.43 Å². The van der Waals surface area contributed by atoms with Gasteiger partial charge in [0, 0.05) is 23.4 Å². The number of pyridine rings is 1. The molecule has 0 radical (unpaired) electrons. The summed E-state index contributed by atoms with van der Waals surface area (Å²) >= 11 is 1.47. The molecule has 1 amide bonds. The fourth-order valence-electron chi connectivity index (χ4n) is 5.66. The first-order valence-corrected chi connectivity index (χ1v) is 14.7. The van der Waals surface area contributed by atoms with E-state index in [-0.39, 0.29) is 23.2 Å². The molecule has 44 heavy (non-hydrogen) atoms. The summed E-state index contributed by atoms with van der Waals surface area (Å²) in [6.45, 7) is -2.52. The number of fused-ring (bicyclic) bond motifs is 1. The minimum atomic E-state index is -3.04. The van der Waals surface area contributed by atoms with Gasteiger partial charge in [-0.25, -0.2) is 26.9 Å². The third kappa shape index (κ3) is 6.05. The zero-order chi connectivity index (χ0) is 31.0. The molecule has 3 aromatic heterocycles. The van der Waals surface area contributed by atoms with E-state index in [1.807, 2.05) is 18.2 Å². The number of benzene rings is 2. The summed E-state index contributed by atoms with van der Waals surface area (Å²) in [5, 5.41) is 6.64. The van der Waals surface area contributed by atoms with Crippen LogP contribution in [0.4, 0.5) is 26.3 Å². The molecule has 0 aliphatic heterocycles. The van der Waals surface area contributed by atoms with E-state index in [0.717, 1.165) is 38.7 Å². The largest absolute Gasteiger partial charge is 0.346 e. The molecule has 0 bridgehead atoms. The van der Waals surface area contributed by atoms with Gasteiger partial charge in [-0.3, -0.25) is 18.9 Å². The van der Waals surface area contributed by atoms with Crippen molar-refractivity contribution >= 4 is 27.5 Å². The zero-order valence-corrected chi connectivity index (χ0v) is 23.8. The van der Waals surface area contributed by atoms with Crippen LogP contribution in [0.15, 0.2) is 60.2 Å². The fraction of sp³-hybridized carbons (Fsp3) is 0.290. The first-order valence-electron chi connectivity index (χ1n) is 13.8. The SMILES string of the molecule is O=C(Cn1nc(C(F)F)c(C2CC2CF)c1CF)N[C@@H](Cc1cc(F)cc(F)c1)c1ncccc1-c1ccc2scnc2c1. The van der Waals surface area contributed by atoms with Gasteiger partial charge in [-0.1, -0.05) is 12.1 Å². The van der Waals surface area contributed by atoms with Crippen molar-refractivity contribution in [1.82, 2.24) is 25.1 Å². The standard InChI is InChI=1S/C31H25F6N5OS/c32-12-18-9-22(18)28-25(13-33)42(41-30(28)31(36)37)14-27(43)40-24(8-16-6-19(34)11-20(35)7-16)29-21(2-1-5-38-29)17-3-4-26-23(10-17)39-15-44-26/h1-7,10-11,15,18,22,24,31H,8-9,12-14H2,(H,40,43)/t18?,22?,24-/m0/s1. The smallest absolute Gasteiger partial charge is 0.282 e. The second kappa shape index (κ2) is 12.4. The number of halogens is 6. The number of aromatic nitrogens is 4. The highest BCUT2D eigenvalue weighted by atomic mass is 32.1. The molecule has 1 fully saturated rings. The molecule has 1 saturated carbocycles. The van der Waals surface area contributed by atoms with Crippen LogP contribution < -0.4 is 5.32 Å². The normalized spacial score (nSPS) is 16.9. The molecule has 228 valence electrons. The average Bonchev–Trinajstić information content (AvgIpc) is 3.45. The van der Waals surface area contributed by atoms with Crippen molar-refractivity contribution in [2.24, 2.45) is 5.92 Å². The number of carbonyl (C=O) groups is 1. The number of rotatable bonds is 11. The van der Waals surface area contributed by atoms with Crippen LogP contribution in [0, 0.1) is 17.6 Å². The quantitative estimate of drug-likeness (QED) is 0.155. The van der Waals surface area contributed by atoms with Crippen LogP contribution in [-0.4, -0.2) is 32.3 Å². The van der Waals surface area contributed by atoms with Crippen molar-refractivity contribution in [1.29, 1.82) is 0 Å². The molecule has 6 nitrogen and oxygen atoms in total. The van der Waals surface area contributed by atoms with E-state index in [1.54, 1.807) is 17.6 Å². The number of carbonyl (C=O) groups excluding carboxylic acids is 1. The van der Waals surface area contributed by atoms with E-state index >= 15 is 0 Å². The number of nitrogens with one attached hydrogen (secondary N) is 1. The van der Waals surface area contributed by atoms with Crippen LogP contribution in [0.1, 0.15) is 53.0 Å². The maximum Gasteiger partial charge on any atom is 0.282 e. The predicted molar refractivity (Wildman–Crippen MR) is 153 cm³/mol. The van der Waals surface area contributed by atoms with E-state index in [1.165, 1.54) is 17.5 Å². The maximum atomic E-state index is 14.2. The Kier molecular flexibility index (Phi) is 8.39. The Morgan fingerprint density at radius 2 is 1.84 bits per heavy atom. The Labute approximate surface area is 251 Å². The second-order valence-corrected chi connectivity index (χ2v) is 11.6. The molecule has 3 heterocycles. The predicted octanol–water partition coefficient (Wildman–Crippen LogP) is 7.41. The lowest BCUT2D eigenvalue weighted by molar-refractivity contribution is -0.122. The summed E-state index contributed by atoms with van der Waals surface area (Å²) in [6, 6.07) is 11.2. The molecule has 6 rings (SSSR count). The first-order chi connectivity index (χ1) is 21.2. The Bertz CT molecular complexity index is 1800. The third-order valence-corrected chi connectivity index (χ3v) is 8.56. The monoisotopic (exact) mass is 629 g/mol. The molecule has 2 aromatic carbocycles. The lowest BCUT2D eigenvalue weighted by atomic mass is 9.95. The van der Waals surface area contributed by atoms with Crippen molar-refractivity contribution in [2.75, 3.05) is 6.67 Å². The summed E-state index contributed by atoms with van der Waals surface area (Å²) < 4.78 is 85.3. The number of nitrogens with zero attached hydrogens (tertiary/aromatic N) is 4. The highest BCUT2D eigenvalue weighted by Gasteiger charge is 2.44. The fourth-order valence-corrected chi connectivity index (χ4v) is 6.32. The van der Waals surface area contributed by atoms with Crippen molar-refractivity contribution in [2.45, 2.75) is 44.4 Å². The molecule has 2 unspecified atom stereocenters. The summed E-state index contributed by atoms with van der Waals surface area (Å²) in [4.78, 5) is 22.3. The first kappa shape index (κ1) is 29.8. The number of alkyl halides is 4. The highest BCUT2D eigenvalue weighted by Crippen LogP contribution is 2.51. The zero-order valence-electron chi connectivity index (χ0n) is 23.0. The molecule has 1 aliphatic rings. The van der Waals surface area contributed by atoms with Gasteiger partial charge in [-0.15, -0.1) is 11.3 Å². The van der Waals surface area contributed by atoms with Gasteiger partial charge in [0.05, 0.1) is 39.8 Å². The molecular weight excluding hydrogens is 604 g/mol. The van der Waals surface area contributed by atoms with Gasteiger partial charge in [-0.2, -0.15) is 5.10 Å². The Morgan fingerprint density at radius 1 is 1.05 bits per heavy atom. The Balaban J connectivity index is 1.35. The topological polar surface area (TPSA) is 72.7 Å². The third-order valence-electron chi connectivity index (χ3n) is 7.75. The van der Waals surface area contributed by atoms with Crippen molar-refractivity contribution in [3.05, 3.63) is 100 Å². The summed E-state index contributed by atoms with van der Waals surface area (Å²) in [5.41, 5.74) is 3.53. The van der Waals surface area contributed by atoms with Crippen molar-refractivity contribution in [3.8, 4) is 11.1 Å². The van der Waals surface area contributed by atoms with E-state index in [4.69, 9.17) is 0 Å². The van der Waals surface area contributed by atoms with Crippen LogP contribution in [-0.2, 0) is 24.4 Å². The van der Waals surface area contributed by atoms with Gasteiger partial charge in [-0.05, 0) is 66.1 Å². The Morgan fingerprint density at radius 3 is 2.55 bits per heavy atom. The molecule has 1 aliphatic carbocycles. The van der Waals surface area contributed by atoms with Crippen LogP contribution in [0.3, 0.4) is 0 Å². The lowest BCUT2D eigenvalue weighted by Gasteiger charge is -2.22. The Hall–Kier alpha value is -4.26. The molecule has 13 heteroatoms. The van der Waals surface area contributed by atoms with Crippen LogP contribution >= 0.6 is 11.3 Å². The number of hydrogen-bond donors (Lipinski definition) is 1. The van der Waals surface area contributed by atoms with E-state index < -0.39 is 67.4 Å². The molecule has 1 N–H and O–H groups in total. The second-order valence-electron chi connectivity index (χ2n) is 10.7. The average molecular weight is 630 g/mol. The minimum Gasteiger partial charge on any atom is -0.346 e. The van der Waals surface area contributed by atoms with Crippen LogP contribution in [0.25, 0.3) is 21.3 Å². The van der Waals surface area contributed by atoms with E-state index in [0.29, 0.717) is 17.7 Å². The van der Waals surface area contributed by atoms with Crippen LogP contribution in [0.5, 0.6) is 0 Å². The maximum absolute atomic E-state index is 14.2. The molecule has 0 saturated heterocycles. The molecular formula is C31H25F6N5OS. The molecule has 3 atom stereocenters. The van der Waals surface area contributed by atoms with Gasteiger partial charge in [0.15, 0.2) is 0 Å². The van der Waals surface area contributed by atoms with Crippen molar-refractivity contribution in [3.63, 3.8) is 0 Å². The lowest BCUT2D eigenvalue weighted by Crippen LogP contribution is -2.34. The van der Waals surface area contributed by atoms with E-state index in [9.17, 15) is 31.1 Å². The minimum absolute atomic E-state index is 0.0471. The number of thiazole rings is 1. The summed E-state index contributed by atoms with van der Waals surface area (Å²) in [5.74, 6) is -3.41. The van der Waals surface area contributed by atoms with Crippen LogP contribution in [0.2, 0.25) is 0 Å². The van der Waals surface area contributed by atoms with Gasteiger partial charge >= 0.3 is 0 Å². The molecule has 0 spiro atoms. The highest BCUT2D eigenvalue weighted by molar-refractivity contribution is 7.16. The summed E-state index contributed by atoms with van der Waals surface area (Å²) in [7, 11) is 0. The van der Waals surface area contributed by atoms with Gasteiger partial charge < -0.3 is 5.32 Å². The van der Waals surface area contributed by atoms with Crippen molar-refractivity contribution < 1.29 is 31.1 Å².